The van der Waals surface area contributed by atoms with Crippen LogP contribution in [0.3, 0.4) is 0 Å². The minimum Gasteiger partial charge on any atom is -0.356 e. The molecule has 5 nitrogen and oxygen atoms in total. The maximum absolute atomic E-state index is 13.6. The minimum atomic E-state index is -0.322. The first-order chi connectivity index (χ1) is 13.1. The number of nitrogens with zero attached hydrogens (tertiary/aromatic N) is 1. The third-order valence-corrected chi connectivity index (χ3v) is 3.89. The molecule has 1 amide bonds. The Labute approximate surface area is 157 Å². The summed E-state index contributed by atoms with van der Waals surface area (Å²) < 4.78 is 26.4. The van der Waals surface area contributed by atoms with E-state index in [0.29, 0.717) is 37.6 Å². The second kappa shape index (κ2) is 10.9. The molecule has 2 rings (SSSR count). The van der Waals surface area contributed by atoms with Crippen molar-refractivity contribution in [1.29, 1.82) is 0 Å². The van der Waals surface area contributed by atoms with Gasteiger partial charge in [-0.2, -0.15) is 0 Å². The van der Waals surface area contributed by atoms with E-state index in [4.69, 9.17) is 0 Å². The Morgan fingerprint density at radius 3 is 2.30 bits per heavy atom. The molecule has 0 aliphatic carbocycles. The number of carbonyl (C=O) groups excluding carboxylic acids is 1. The first-order valence-electron chi connectivity index (χ1n) is 8.77. The quantitative estimate of drug-likeness (QED) is 0.376. The van der Waals surface area contributed by atoms with E-state index in [0.717, 1.165) is 5.56 Å². The maximum Gasteiger partial charge on any atom is 0.224 e. The van der Waals surface area contributed by atoms with Gasteiger partial charge in [-0.05, 0) is 35.7 Å². The number of guanidine groups is 1. The molecule has 0 saturated heterocycles. The van der Waals surface area contributed by atoms with Crippen LogP contribution in [0.15, 0.2) is 53.5 Å². The van der Waals surface area contributed by atoms with Gasteiger partial charge < -0.3 is 16.0 Å². The molecule has 2 aromatic carbocycles. The van der Waals surface area contributed by atoms with Crippen molar-refractivity contribution >= 4 is 11.9 Å². The van der Waals surface area contributed by atoms with Gasteiger partial charge in [0, 0.05) is 26.7 Å². The van der Waals surface area contributed by atoms with Gasteiger partial charge in [0.2, 0.25) is 5.91 Å². The lowest BCUT2D eigenvalue weighted by Crippen LogP contribution is -2.42. The molecule has 144 valence electrons. The van der Waals surface area contributed by atoms with Gasteiger partial charge in [-0.1, -0.05) is 30.3 Å². The van der Waals surface area contributed by atoms with Gasteiger partial charge in [-0.3, -0.25) is 9.79 Å². The number of amides is 1. The molecule has 0 saturated carbocycles. The summed E-state index contributed by atoms with van der Waals surface area (Å²) in [6, 6.07) is 12.5. The molecule has 0 fully saturated rings. The third-order valence-electron chi connectivity index (χ3n) is 3.89. The Hall–Kier alpha value is -2.96. The number of carbonyl (C=O) groups is 1. The highest BCUT2D eigenvalue weighted by atomic mass is 19.1. The van der Waals surface area contributed by atoms with E-state index < -0.39 is 0 Å². The first kappa shape index (κ1) is 20.4. The molecule has 0 aromatic heterocycles. The van der Waals surface area contributed by atoms with Gasteiger partial charge in [-0.15, -0.1) is 0 Å². The highest BCUT2D eigenvalue weighted by Crippen LogP contribution is 2.06. The Morgan fingerprint density at radius 1 is 0.926 bits per heavy atom. The van der Waals surface area contributed by atoms with Crippen molar-refractivity contribution in [3.63, 3.8) is 0 Å². The average Bonchev–Trinajstić information content (AvgIpc) is 2.67. The maximum atomic E-state index is 13.6. The van der Waals surface area contributed by atoms with Gasteiger partial charge in [0.25, 0.3) is 0 Å². The number of halogens is 2. The lowest BCUT2D eigenvalue weighted by molar-refractivity contribution is -0.120. The standard InChI is InChI=1S/C20H24F2N4O/c1-23-20(25-11-10-16-4-2-3-5-18(16)22)26-13-12-24-19(27)14-15-6-8-17(21)9-7-15/h2-9H,10-14H2,1H3,(H,24,27)(H2,23,25,26). The summed E-state index contributed by atoms with van der Waals surface area (Å²) in [5, 5.41) is 8.97. The molecule has 27 heavy (non-hydrogen) atoms. The molecule has 0 atom stereocenters. The highest BCUT2D eigenvalue weighted by Gasteiger charge is 2.04. The lowest BCUT2D eigenvalue weighted by Gasteiger charge is -2.12. The fraction of sp³-hybridized carbons (Fsp3) is 0.300. The fourth-order valence-corrected chi connectivity index (χ4v) is 2.47. The summed E-state index contributed by atoms with van der Waals surface area (Å²) in [6.07, 6.45) is 0.748. The van der Waals surface area contributed by atoms with E-state index in [1.165, 1.54) is 18.2 Å². The predicted molar refractivity (Wildman–Crippen MR) is 103 cm³/mol. The molecule has 0 radical (unpaired) electrons. The van der Waals surface area contributed by atoms with Crippen molar-refractivity contribution in [1.82, 2.24) is 16.0 Å². The minimum absolute atomic E-state index is 0.133. The van der Waals surface area contributed by atoms with Crippen molar-refractivity contribution in [2.24, 2.45) is 4.99 Å². The summed E-state index contributed by atoms with van der Waals surface area (Å²) in [4.78, 5) is 15.9. The summed E-state index contributed by atoms with van der Waals surface area (Å²) in [7, 11) is 1.64. The van der Waals surface area contributed by atoms with E-state index in [1.54, 1.807) is 37.4 Å². The Bertz CT molecular complexity index is 763. The van der Waals surface area contributed by atoms with Crippen LogP contribution in [-0.4, -0.2) is 38.5 Å². The molecule has 0 aliphatic rings. The van der Waals surface area contributed by atoms with Crippen LogP contribution < -0.4 is 16.0 Å². The number of hydrogen-bond acceptors (Lipinski definition) is 2. The van der Waals surface area contributed by atoms with Crippen LogP contribution in [0.25, 0.3) is 0 Å². The summed E-state index contributed by atoms with van der Waals surface area (Å²) in [5.41, 5.74) is 1.40. The predicted octanol–water partition coefficient (Wildman–Crippen LogP) is 2.03. The Kier molecular flexibility index (Phi) is 8.22. The molecule has 0 unspecified atom stereocenters. The van der Waals surface area contributed by atoms with Crippen molar-refractivity contribution < 1.29 is 13.6 Å². The van der Waals surface area contributed by atoms with Crippen molar-refractivity contribution in [2.45, 2.75) is 12.8 Å². The number of nitrogens with one attached hydrogen (secondary N) is 3. The van der Waals surface area contributed by atoms with Crippen LogP contribution in [0, 0.1) is 11.6 Å². The number of benzene rings is 2. The van der Waals surface area contributed by atoms with Crippen LogP contribution in [-0.2, 0) is 17.6 Å². The van der Waals surface area contributed by atoms with Gasteiger partial charge in [0.05, 0.1) is 6.42 Å². The highest BCUT2D eigenvalue weighted by molar-refractivity contribution is 5.80. The lowest BCUT2D eigenvalue weighted by atomic mass is 10.1. The fourth-order valence-electron chi connectivity index (χ4n) is 2.47. The van der Waals surface area contributed by atoms with E-state index in [9.17, 15) is 13.6 Å². The van der Waals surface area contributed by atoms with E-state index in [1.807, 2.05) is 0 Å². The molecule has 0 spiro atoms. The van der Waals surface area contributed by atoms with Crippen molar-refractivity contribution in [3.05, 3.63) is 71.3 Å². The van der Waals surface area contributed by atoms with Gasteiger partial charge >= 0.3 is 0 Å². The van der Waals surface area contributed by atoms with Crippen LogP contribution in [0.4, 0.5) is 8.78 Å². The summed E-state index contributed by atoms with van der Waals surface area (Å²) >= 11 is 0. The monoisotopic (exact) mass is 374 g/mol. The van der Waals surface area contributed by atoms with Crippen LogP contribution in [0.5, 0.6) is 0 Å². The van der Waals surface area contributed by atoms with Crippen molar-refractivity contribution in [2.75, 3.05) is 26.7 Å². The topological polar surface area (TPSA) is 65.5 Å². The molecule has 0 bridgehead atoms. The van der Waals surface area contributed by atoms with Crippen LogP contribution >= 0.6 is 0 Å². The molecule has 0 aliphatic heterocycles. The second-order valence-electron chi connectivity index (χ2n) is 5.92. The molecular formula is C20H24F2N4O. The number of rotatable bonds is 8. The third kappa shape index (κ3) is 7.43. The molecule has 2 aromatic rings. The molecule has 3 N–H and O–H groups in total. The van der Waals surface area contributed by atoms with E-state index >= 15 is 0 Å². The van der Waals surface area contributed by atoms with Gasteiger partial charge in [0.15, 0.2) is 5.96 Å². The van der Waals surface area contributed by atoms with Gasteiger partial charge in [-0.25, -0.2) is 8.78 Å². The van der Waals surface area contributed by atoms with Crippen LogP contribution in [0.1, 0.15) is 11.1 Å². The zero-order chi connectivity index (χ0) is 19.5. The average molecular weight is 374 g/mol. The number of aliphatic imine (C=N–C) groups is 1. The van der Waals surface area contributed by atoms with E-state index in [-0.39, 0.29) is 24.0 Å². The van der Waals surface area contributed by atoms with Crippen LogP contribution in [0.2, 0.25) is 0 Å². The number of hydrogen-bond donors (Lipinski definition) is 3. The first-order valence-corrected chi connectivity index (χ1v) is 8.77. The Morgan fingerprint density at radius 2 is 1.59 bits per heavy atom. The smallest absolute Gasteiger partial charge is 0.224 e. The molecule has 0 heterocycles. The van der Waals surface area contributed by atoms with Crippen molar-refractivity contribution in [3.8, 4) is 0 Å². The normalized spacial score (nSPS) is 11.1. The SMILES string of the molecule is CN=C(NCCNC(=O)Cc1ccc(F)cc1)NCCc1ccccc1F. The Balaban J connectivity index is 1.62. The van der Waals surface area contributed by atoms with Gasteiger partial charge in [0.1, 0.15) is 11.6 Å². The summed E-state index contributed by atoms with van der Waals surface area (Å²) in [6.45, 7) is 1.46. The molecular weight excluding hydrogens is 350 g/mol. The largest absolute Gasteiger partial charge is 0.356 e. The zero-order valence-corrected chi connectivity index (χ0v) is 15.3. The van der Waals surface area contributed by atoms with E-state index in [2.05, 4.69) is 20.9 Å². The summed E-state index contributed by atoms with van der Waals surface area (Å²) in [5.74, 6) is -0.0895. The molecule has 7 heteroatoms. The second-order valence-corrected chi connectivity index (χ2v) is 5.92. The zero-order valence-electron chi connectivity index (χ0n) is 15.3.